The van der Waals surface area contributed by atoms with Gasteiger partial charge in [0.1, 0.15) is 0 Å². The number of rotatable bonds is 4. The minimum atomic E-state index is -0.493. The Morgan fingerprint density at radius 2 is 2.06 bits per heavy atom. The molecule has 0 unspecified atom stereocenters. The molecule has 0 spiro atoms. The smallest absolute Gasteiger partial charge is 0.0821 e. The van der Waals surface area contributed by atoms with Crippen molar-refractivity contribution in [2.45, 2.75) is 37.8 Å². The molecule has 0 amide bonds. The lowest BCUT2D eigenvalue weighted by molar-refractivity contribution is 0.0559. The first-order valence-corrected chi connectivity index (χ1v) is 6.35. The van der Waals surface area contributed by atoms with Gasteiger partial charge >= 0.3 is 0 Å². The van der Waals surface area contributed by atoms with Crippen LogP contribution >= 0.6 is 0 Å². The van der Waals surface area contributed by atoms with Gasteiger partial charge in [-0.15, -0.1) is 0 Å². The molecule has 3 nitrogen and oxygen atoms in total. The summed E-state index contributed by atoms with van der Waals surface area (Å²) in [4.78, 5) is 2.13. The van der Waals surface area contributed by atoms with Gasteiger partial charge in [0.15, 0.2) is 0 Å². The first-order valence-electron chi connectivity index (χ1n) is 6.35. The molecule has 0 saturated heterocycles. The fourth-order valence-electron chi connectivity index (χ4n) is 2.64. The van der Waals surface area contributed by atoms with Crippen LogP contribution in [0, 0.1) is 0 Å². The molecule has 0 heterocycles. The zero-order valence-corrected chi connectivity index (χ0v) is 10.5. The Labute approximate surface area is 103 Å². The first-order chi connectivity index (χ1) is 8.13. The lowest BCUT2D eigenvalue weighted by atomic mass is 10.0. The third kappa shape index (κ3) is 2.99. The molecule has 1 aromatic rings. The molecule has 1 aliphatic carbocycles. The lowest BCUT2D eigenvalue weighted by Gasteiger charge is -2.30. The Bertz CT molecular complexity index is 372. The molecule has 1 aromatic carbocycles. The average molecular weight is 234 g/mol. The summed E-state index contributed by atoms with van der Waals surface area (Å²) < 4.78 is 0. The number of nitrogens with two attached hydrogens (primary N) is 1. The van der Waals surface area contributed by atoms with Gasteiger partial charge < -0.3 is 15.7 Å². The molecule has 17 heavy (non-hydrogen) atoms. The van der Waals surface area contributed by atoms with Crippen LogP contribution in [-0.4, -0.2) is 24.3 Å². The van der Waals surface area contributed by atoms with Gasteiger partial charge in [-0.05, 0) is 30.5 Å². The number of aliphatic hydroxyl groups is 1. The number of hydrogen-bond donors (Lipinski definition) is 2. The summed E-state index contributed by atoms with van der Waals surface area (Å²) in [5.41, 5.74) is 7.41. The highest BCUT2D eigenvalue weighted by molar-refractivity contribution is 5.48. The number of nitrogens with zero attached hydrogens (tertiary/aromatic N) is 1. The van der Waals surface area contributed by atoms with E-state index in [9.17, 15) is 5.11 Å². The van der Waals surface area contributed by atoms with E-state index in [1.165, 1.54) is 0 Å². The normalized spacial score (nSPS) is 18.3. The zero-order chi connectivity index (χ0) is 12.3. The Kier molecular flexibility index (Phi) is 3.69. The molecule has 0 aliphatic heterocycles. The maximum atomic E-state index is 10.4. The highest BCUT2D eigenvalue weighted by Gasteiger charge is 2.32. The van der Waals surface area contributed by atoms with Crippen LogP contribution in [0.3, 0.4) is 0 Å². The highest BCUT2D eigenvalue weighted by atomic mass is 16.3. The van der Waals surface area contributed by atoms with Crippen molar-refractivity contribution in [3.63, 3.8) is 0 Å². The number of anilines is 1. The topological polar surface area (TPSA) is 49.5 Å². The fraction of sp³-hybridized carbons (Fsp3) is 0.571. The Morgan fingerprint density at radius 3 is 2.71 bits per heavy atom. The van der Waals surface area contributed by atoms with E-state index < -0.39 is 5.60 Å². The predicted octanol–water partition coefficient (Wildman–Crippen LogP) is 1.89. The lowest BCUT2D eigenvalue weighted by Crippen LogP contribution is -2.39. The molecule has 1 fully saturated rings. The molecule has 1 saturated carbocycles. The summed E-state index contributed by atoms with van der Waals surface area (Å²) in [5, 5.41) is 10.4. The van der Waals surface area contributed by atoms with Gasteiger partial charge in [-0.2, -0.15) is 0 Å². The van der Waals surface area contributed by atoms with E-state index in [2.05, 4.69) is 17.0 Å². The predicted molar refractivity (Wildman–Crippen MR) is 71.0 cm³/mol. The quantitative estimate of drug-likeness (QED) is 0.836. The van der Waals surface area contributed by atoms with Crippen molar-refractivity contribution in [1.82, 2.24) is 0 Å². The standard InChI is InChI=1S/C14H22N2O/c1-16(11-14(17)7-2-3-8-14)13-6-4-5-12(9-13)10-15/h4-6,9,17H,2-3,7-8,10-11,15H2,1H3. The van der Waals surface area contributed by atoms with Crippen molar-refractivity contribution < 1.29 is 5.11 Å². The van der Waals surface area contributed by atoms with E-state index in [0.717, 1.165) is 36.9 Å². The van der Waals surface area contributed by atoms with Crippen molar-refractivity contribution in [2.75, 3.05) is 18.5 Å². The first kappa shape index (κ1) is 12.4. The highest BCUT2D eigenvalue weighted by Crippen LogP contribution is 2.31. The summed E-state index contributed by atoms with van der Waals surface area (Å²) in [6, 6.07) is 8.21. The monoisotopic (exact) mass is 234 g/mol. The minimum Gasteiger partial charge on any atom is -0.388 e. The van der Waals surface area contributed by atoms with E-state index in [-0.39, 0.29) is 0 Å². The van der Waals surface area contributed by atoms with Crippen LogP contribution in [0.5, 0.6) is 0 Å². The summed E-state index contributed by atoms with van der Waals surface area (Å²) in [5.74, 6) is 0. The van der Waals surface area contributed by atoms with Crippen LogP contribution in [-0.2, 0) is 6.54 Å². The SMILES string of the molecule is CN(CC1(O)CCCC1)c1cccc(CN)c1. The number of likely N-dealkylation sites (N-methyl/N-ethyl adjacent to an activating group) is 1. The maximum absolute atomic E-state index is 10.4. The molecule has 0 bridgehead atoms. The summed E-state index contributed by atoms with van der Waals surface area (Å²) in [6.07, 6.45) is 4.14. The third-order valence-corrected chi connectivity index (χ3v) is 3.65. The minimum absolute atomic E-state index is 0.493. The van der Waals surface area contributed by atoms with Crippen LogP contribution in [0.25, 0.3) is 0 Å². The van der Waals surface area contributed by atoms with Crippen LogP contribution in [0.4, 0.5) is 5.69 Å². The van der Waals surface area contributed by atoms with Gasteiger partial charge in [0.05, 0.1) is 5.60 Å². The van der Waals surface area contributed by atoms with Gasteiger partial charge in [-0.3, -0.25) is 0 Å². The maximum Gasteiger partial charge on any atom is 0.0821 e. The number of benzene rings is 1. The van der Waals surface area contributed by atoms with Crippen LogP contribution < -0.4 is 10.6 Å². The van der Waals surface area contributed by atoms with E-state index in [1.54, 1.807) is 0 Å². The molecule has 2 rings (SSSR count). The van der Waals surface area contributed by atoms with E-state index >= 15 is 0 Å². The van der Waals surface area contributed by atoms with Crippen LogP contribution in [0.2, 0.25) is 0 Å². The molecule has 3 heteroatoms. The molecule has 3 N–H and O–H groups in total. The van der Waals surface area contributed by atoms with Gasteiger partial charge in [-0.25, -0.2) is 0 Å². The third-order valence-electron chi connectivity index (χ3n) is 3.65. The van der Waals surface area contributed by atoms with Crippen LogP contribution in [0.1, 0.15) is 31.2 Å². The summed E-state index contributed by atoms with van der Waals surface area (Å²) in [7, 11) is 2.03. The molecule has 1 aliphatic rings. The van der Waals surface area contributed by atoms with Crippen molar-refractivity contribution in [2.24, 2.45) is 5.73 Å². The largest absolute Gasteiger partial charge is 0.388 e. The Hall–Kier alpha value is -1.06. The van der Waals surface area contributed by atoms with Gasteiger partial charge in [0, 0.05) is 25.8 Å². The van der Waals surface area contributed by atoms with E-state index in [0.29, 0.717) is 13.1 Å². The average Bonchev–Trinajstić information content (AvgIpc) is 2.76. The molecule has 0 aromatic heterocycles. The second-order valence-corrected chi connectivity index (χ2v) is 5.16. The van der Waals surface area contributed by atoms with Crippen molar-refractivity contribution >= 4 is 5.69 Å². The molecule has 0 radical (unpaired) electrons. The van der Waals surface area contributed by atoms with E-state index in [4.69, 9.17) is 5.73 Å². The van der Waals surface area contributed by atoms with Crippen molar-refractivity contribution in [3.8, 4) is 0 Å². The van der Waals surface area contributed by atoms with Gasteiger partial charge in [-0.1, -0.05) is 25.0 Å². The summed E-state index contributed by atoms with van der Waals surface area (Å²) in [6.45, 7) is 1.27. The Balaban J connectivity index is 2.05. The van der Waals surface area contributed by atoms with Gasteiger partial charge in [0.2, 0.25) is 0 Å². The molecular formula is C14H22N2O. The zero-order valence-electron chi connectivity index (χ0n) is 10.5. The van der Waals surface area contributed by atoms with E-state index in [1.807, 2.05) is 19.2 Å². The number of hydrogen-bond acceptors (Lipinski definition) is 3. The van der Waals surface area contributed by atoms with Gasteiger partial charge in [0.25, 0.3) is 0 Å². The van der Waals surface area contributed by atoms with Crippen LogP contribution in [0.15, 0.2) is 24.3 Å². The second kappa shape index (κ2) is 5.07. The summed E-state index contributed by atoms with van der Waals surface area (Å²) >= 11 is 0. The van der Waals surface area contributed by atoms with Crippen molar-refractivity contribution in [1.29, 1.82) is 0 Å². The molecule has 0 atom stereocenters. The molecule has 94 valence electrons. The Morgan fingerprint density at radius 1 is 1.35 bits per heavy atom. The second-order valence-electron chi connectivity index (χ2n) is 5.16. The fourth-order valence-corrected chi connectivity index (χ4v) is 2.64. The molecular weight excluding hydrogens is 212 g/mol. The van der Waals surface area contributed by atoms with Crippen molar-refractivity contribution in [3.05, 3.63) is 29.8 Å².